The van der Waals surface area contributed by atoms with Gasteiger partial charge in [0.15, 0.2) is 0 Å². The third kappa shape index (κ3) is 2.09. The minimum absolute atomic E-state index is 0.777. The van der Waals surface area contributed by atoms with Crippen LogP contribution in [0.3, 0.4) is 0 Å². The number of hydrogen-bond donors (Lipinski definition) is 0. The Kier molecular flexibility index (Phi) is 2.64. The summed E-state index contributed by atoms with van der Waals surface area (Å²) in [5, 5.41) is 0. The summed E-state index contributed by atoms with van der Waals surface area (Å²) in [6.07, 6.45) is 3.80. The van der Waals surface area contributed by atoms with Gasteiger partial charge in [0.05, 0.1) is 0 Å². The van der Waals surface area contributed by atoms with E-state index in [-0.39, 0.29) is 0 Å². The molecule has 0 aromatic carbocycles. The number of rotatable bonds is 1. The lowest BCUT2D eigenvalue weighted by molar-refractivity contribution is 0.288. The molecule has 4 heteroatoms. The van der Waals surface area contributed by atoms with E-state index in [0.717, 1.165) is 25.5 Å². The summed E-state index contributed by atoms with van der Waals surface area (Å²) in [4.78, 5) is 9.73. The first-order chi connectivity index (χ1) is 4.43. The Morgan fingerprint density at radius 2 is 2.44 bits per heavy atom. The molecule has 0 aliphatic carbocycles. The van der Waals surface area contributed by atoms with Crippen molar-refractivity contribution in [2.24, 2.45) is 4.66 Å². The van der Waals surface area contributed by atoms with Gasteiger partial charge in [-0.05, 0) is 18.9 Å². The average Bonchev–Trinajstić information content (AvgIpc) is 1.91. The van der Waals surface area contributed by atoms with Crippen LogP contribution >= 0.6 is 0 Å². The van der Waals surface area contributed by atoms with Gasteiger partial charge in [0.25, 0.3) is 0 Å². The van der Waals surface area contributed by atoms with Crippen LogP contribution in [0, 0.1) is 0 Å². The molecule has 9 heavy (non-hydrogen) atoms. The van der Waals surface area contributed by atoms with E-state index in [1.54, 1.807) is 0 Å². The van der Waals surface area contributed by atoms with Gasteiger partial charge in [-0.1, -0.05) is 0 Å². The molecule has 3 nitrogen and oxygen atoms in total. The largest absolute Gasteiger partial charge is 0.397 e. The van der Waals surface area contributed by atoms with Crippen LogP contribution in [0.4, 0.5) is 0 Å². The van der Waals surface area contributed by atoms with E-state index in [1.807, 2.05) is 0 Å². The minimum atomic E-state index is -1.10. The van der Waals surface area contributed by atoms with Gasteiger partial charge in [-0.2, -0.15) is 0 Å². The van der Waals surface area contributed by atoms with Crippen molar-refractivity contribution in [2.45, 2.75) is 18.9 Å². The Bertz CT molecular complexity index is 127. The molecule has 1 radical (unpaired) electrons. The van der Waals surface area contributed by atoms with Crippen LogP contribution in [0.5, 0.6) is 0 Å². The average molecular weight is 142 g/mol. The predicted octanol–water partition coefficient (Wildman–Crippen LogP) is 0.621. The summed E-state index contributed by atoms with van der Waals surface area (Å²) < 4.78 is 8.75. The summed E-state index contributed by atoms with van der Waals surface area (Å²) >= 11 is 0. The zero-order valence-electron chi connectivity index (χ0n) is 5.09. The molecule has 0 amide bonds. The van der Waals surface area contributed by atoms with Crippen LogP contribution in [0.25, 0.3) is 0 Å². The van der Waals surface area contributed by atoms with Gasteiger partial charge in [-0.3, -0.25) is 0 Å². The SMILES string of the molecule is O=C=N[Si]1CCCCO1. The number of nitrogens with zero attached hydrogens (tertiary/aromatic N) is 1. The normalized spacial score (nSPS) is 20.9. The van der Waals surface area contributed by atoms with Crippen LogP contribution in [0.2, 0.25) is 6.04 Å². The maximum Gasteiger partial charge on any atom is 0.374 e. The molecule has 1 rings (SSSR count). The smallest absolute Gasteiger partial charge is 0.374 e. The van der Waals surface area contributed by atoms with Gasteiger partial charge in [0, 0.05) is 6.61 Å². The topological polar surface area (TPSA) is 38.7 Å². The number of isocyanates is 1. The highest BCUT2D eigenvalue weighted by Gasteiger charge is 2.16. The highest BCUT2D eigenvalue weighted by atomic mass is 28.3. The van der Waals surface area contributed by atoms with Gasteiger partial charge in [0.2, 0.25) is 6.08 Å². The maximum atomic E-state index is 9.73. The van der Waals surface area contributed by atoms with E-state index in [4.69, 9.17) is 4.43 Å². The third-order valence-corrected chi connectivity index (χ3v) is 2.88. The van der Waals surface area contributed by atoms with Crippen LogP contribution in [-0.2, 0) is 9.22 Å². The van der Waals surface area contributed by atoms with Crippen molar-refractivity contribution in [1.82, 2.24) is 0 Å². The summed E-state index contributed by atoms with van der Waals surface area (Å²) in [7, 11) is -1.10. The fraction of sp³-hybridized carbons (Fsp3) is 0.800. The van der Waals surface area contributed by atoms with E-state index in [1.165, 1.54) is 6.08 Å². The molecule has 0 bridgehead atoms. The molecule has 1 aliphatic rings. The maximum absolute atomic E-state index is 9.73. The van der Waals surface area contributed by atoms with Gasteiger partial charge in [-0.15, -0.1) is 0 Å². The second-order valence-corrected chi connectivity index (χ2v) is 3.70. The van der Waals surface area contributed by atoms with Crippen molar-refractivity contribution in [1.29, 1.82) is 0 Å². The molecule has 1 heterocycles. The van der Waals surface area contributed by atoms with Crippen LogP contribution < -0.4 is 0 Å². The van der Waals surface area contributed by atoms with Crippen LogP contribution in [0.1, 0.15) is 12.8 Å². The first-order valence-electron chi connectivity index (χ1n) is 3.00. The van der Waals surface area contributed by atoms with Crippen molar-refractivity contribution in [2.75, 3.05) is 6.61 Å². The number of carbonyl (C=O) groups excluding carboxylic acids is 1. The molecule has 0 N–H and O–H groups in total. The van der Waals surface area contributed by atoms with Crippen molar-refractivity contribution >= 4 is 15.3 Å². The summed E-state index contributed by atoms with van der Waals surface area (Å²) in [5.41, 5.74) is 0. The second kappa shape index (κ2) is 3.56. The quantitative estimate of drug-likeness (QED) is 0.306. The molecule has 0 saturated carbocycles. The lowest BCUT2D eigenvalue weighted by Gasteiger charge is -2.13. The Morgan fingerprint density at radius 3 is 3.00 bits per heavy atom. The van der Waals surface area contributed by atoms with E-state index in [0.29, 0.717) is 0 Å². The molecule has 0 aromatic heterocycles. The second-order valence-electron chi connectivity index (χ2n) is 1.90. The molecular weight excluding hydrogens is 134 g/mol. The molecule has 1 fully saturated rings. The lowest BCUT2D eigenvalue weighted by atomic mass is 10.4. The van der Waals surface area contributed by atoms with E-state index >= 15 is 0 Å². The Morgan fingerprint density at radius 1 is 1.56 bits per heavy atom. The Hall–Kier alpha value is -0.443. The van der Waals surface area contributed by atoms with Crippen LogP contribution in [0.15, 0.2) is 4.66 Å². The molecule has 0 atom stereocenters. The van der Waals surface area contributed by atoms with Gasteiger partial charge in [-0.25, -0.2) is 9.45 Å². The van der Waals surface area contributed by atoms with Crippen molar-refractivity contribution in [3.8, 4) is 0 Å². The highest BCUT2D eigenvalue weighted by Crippen LogP contribution is 2.10. The Labute approximate surface area is 55.5 Å². The monoisotopic (exact) mass is 142 g/mol. The minimum Gasteiger partial charge on any atom is -0.397 e. The van der Waals surface area contributed by atoms with E-state index in [9.17, 15) is 4.79 Å². The molecule has 0 unspecified atom stereocenters. The fourth-order valence-corrected chi connectivity index (χ4v) is 2.13. The fourth-order valence-electron chi connectivity index (χ4n) is 0.780. The predicted molar refractivity (Wildman–Crippen MR) is 33.9 cm³/mol. The zero-order valence-corrected chi connectivity index (χ0v) is 6.09. The van der Waals surface area contributed by atoms with Crippen molar-refractivity contribution < 1.29 is 9.22 Å². The third-order valence-electron chi connectivity index (χ3n) is 1.22. The molecule has 1 saturated heterocycles. The first-order valence-corrected chi connectivity index (χ1v) is 4.56. The zero-order chi connectivity index (χ0) is 6.53. The molecular formula is C5H8NO2Si. The Balaban J connectivity index is 2.31. The summed E-state index contributed by atoms with van der Waals surface area (Å²) in [5.74, 6) is 0. The molecule has 0 spiro atoms. The standard InChI is InChI=1S/C5H8NO2Si/c7-5-6-9-4-2-1-3-8-9/h1-4H2. The van der Waals surface area contributed by atoms with Gasteiger partial charge < -0.3 is 4.43 Å². The molecule has 49 valence electrons. The molecule has 0 aromatic rings. The summed E-state index contributed by atoms with van der Waals surface area (Å²) in [6, 6.07) is 0.972. The van der Waals surface area contributed by atoms with Gasteiger partial charge in [0.1, 0.15) is 0 Å². The van der Waals surface area contributed by atoms with E-state index in [2.05, 4.69) is 4.66 Å². The van der Waals surface area contributed by atoms with Gasteiger partial charge >= 0.3 is 9.20 Å². The van der Waals surface area contributed by atoms with Crippen molar-refractivity contribution in [3.63, 3.8) is 0 Å². The first kappa shape index (κ1) is 6.67. The lowest BCUT2D eigenvalue weighted by Crippen LogP contribution is -2.20. The summed E-state index contributed by atoms with van der Waals surface area (Å²) in [6.45, 7) is 0.777. The molecule has 1 aliphatic heterocycles. The van der Waals surface area contributed by atoms with Crippen LogP contribution in [-0.4, -0.2) is 21.9 Å². The van der Waals surface area contributed by atoms with E-state index < -0.39 is 9.20 Å². The highest BCUT2D eigenvalue weighted by molar-refractivity contribution is 6.50. The number of hydrogen-bond acceptors (Lipinski definition) is 3. The van der Waals surface area contributed by atoms with Crippen molar-refractivity contribution in [3.05, 3.63) is 0 Å².